The second kappa shape index (κ2) is 6.53. The lowest BCUT2D eigenvalue weighted by Crippen LogP contribution is -2.09. The van der Waals surface area contributed by atoms with Gasteiger partial charge in [0.25, 0.3) is 0 Å². The van der Waals surface area contributed by atoms with Gasteiger partial charge in [0, 0.05) is 17.1 Å². The Hall–Kier alpha value is -3.46. The van der Waals surface area contributed by atoms with E-state index < -0.39 is 11.9 Å². The molecule has 6 nitrogen and oxygen atoms in total. The number of imidazole rings is 1. The topological polar surface area (TPSA) is 72.3 Å². The highest BCUT2D eigenvalue weighted by atomic mass is 35.5. The largest absolute Gasteiger partial charge is 0.433 e. The number of nitrogens with zero attached hydrogens (tertiary/aromatic N) is 5. The van der Waals surface area contributed by atoms with E-state index in [-0.39, 0.29) is 10.8 Å². The summed E-state index contributed by atoms with van der Waals surface area (Å²) < 4.78 is 41.6. The molecule has 0 aliphatic heterocycles. The van der Waals surface area contributed by atoms with Crippen LogP contribution in [0.2, 0.25) is 5.15 Å². The Morgan fingerprint density at radius 1 is 1.07 bits per heavy atom. The van der Waals surface area contributed by atoms with E-state index in [1.165, 1.54) is 12.3 Å². The first-order valence-corrected chi connectivity index (χ1v) is 9.22. The molecule has 0 aliphatic carbocycles. The van der Waals surface area contributed by atoms with Gasteiger partial charge in [-0.3, -0.25) is 9.67 Å². The van der Waals surface area contributed by atoms with Gasteiger partial charge < -0.3 is 0 Å². The van der Waals surface area contributed by atoms with E-state index in [0.29, 0.717) is 22.6 Å². The minimum absolute atomic E-state index is 0.0926. The molecule has 0 radical (unpaired) electrons. The van der Waals surface area contributed by atoms with Crippen molar-refractivity contribution < 1.29 is 13.2 Å². The van der Waals surface area contributed by atoms with Crippen LogP contribution in [0, 0.1) is 6.92 Å². The fourth-order valence-electron chi connectivity index (χ4n) is 3.44. The number of aromatic nitrogens is 6. The van der Waals surface area contributed by atoms with Crippen LogP contribution in [-0.2, 0) is 6.18 Å². The second-order valence-corrected chi connectivity index (χ2v) is 7.16. The maximum Gasteiger partial charge on any atom is 0.433 e. The van der Waals surface area contributed by atoms with Gasteiger partial charge in [0.05, 0.1) is 17.4 Å². The summed E-state index contributed by atoms with van der Waals surface area (Å²) in [5, 5.41) is 8.02. The summed E-state index contributed by atoms with van der Waals surface area (Å²) in [6.45, 7) is 1.89. The quantitative estimate of drug-likeness (QED) is 0.385. The molecule has 4 aromatic heterocycles. The molecular formula is C20H12ClF3N6. The van der Waals surface area contributed by atoms with Crippen LogP contribution < -0.4 is 0 Å². The number of aromatic amines is 1. The first-order chi connectivity index (χ1) is 14.3. The van der Waals surface area contributed by atoms with E-state index in [0.717, 1.165) is 22.5 Å². The summed E-state index contributed by atoms with van der Waals surface area (Å²) in [5.74, 6) is 0.406. The monoisotopic (exact) mass is 428 g/mol. The van der Waals surface area contributed by atoms with Gasteiger partial charge in [-0.05, 0) is 48.9 Å². The minimum Gasteiger partial charge on any atom is -0.278 e. The molecule has 0 spiro atoms. The Balaban J connectivity index is 1.87. The molecule has 5 rings (SSSR count). The maximum absolute atomic E-state index is 13.3. The molecule has 1 N–H and O–H groups in total. The molecule has 0 atom stereocenters. The lowest BCUT2D eigenvalue weighted by Gasteiger charge is -2.12. The minimum atomic E-state index is -4.58. The Morgan fingerprint density at radius 2 is 1.90 bits per heavy atom. The van der Waals surface area contributed by atoms with Crippen molar-refractivity contribution in [2.75, 3.05) is 0 Å². The van der Waals surface area contributed by atoms with Crippen molar-refractivity contribution in [1.82, 2.24) is 29.7 Å². The number of fused-ring (bicyclic) bond motifs is 2. The highest BCUT2D eigenvalue weighted by Gasteiger charge is 2.33. The predicted molar refractivity (Wildman–Crippen MR) is 106 cm³/mol. The van der Waals surface area contributed by atoms with Crippen LogP contribution in [0.1, 0.15) is 11.3 Å². The number of benzene rings is 1. The van der Waals surface area contributed by atoms with Gasteiger partial charge >= 0.3 is 6.18 Å². The Bertz CT molecular complexity index is 1420. The summed E-state index contributed by atoms with van der Waals surface area (Å²) in [6.07, 6.45) is -1.41. The van der Waals surface area contributed by atoms with Crippen molar-refractivity contribution in [3.05, 3.63) is 65.2 Å². The summed E-state index contributed by atoms with van der Waals surface area (Å²) in [5.41, 5.74) is 2.38. The SMILES string of the molecule is Cc1cc(-n2c(-c3ccnc(Cl)c3)nc3ccc(C(F)(F)F)nc32)cc2cn[nH]c12. The summed E-state index contributed by atoms with van der Waals surface area (Å²) in [4.78, 5) is 12.4. The molecule has 1 aromatic carbocycles. The number of rotatable bonds is 2. The second-order valence-electron chi connectivity index (χ2n) is 6.77. The molecule has 10 heteroatoms. The standard InChI is InChI=1S/C20H12ClF3N6/c1-10-6-13(7-12-9-26-29-17(10)12)30-18(11-4-5-25-16(21)8-11)27-14-2-3-15(20(22,23)24)28-19(14)30/h2-9H,1H3,(H,26,29). The van der Waals surface area contributed by atoms with Gasteiger partial charge in [-0.15, -0.1) is 0 Å². The molecule has 0 aliphatic rings. The smallest absolute Gasteiger partial charge is 0.278 e. The Kier molecular flexibility index (Phi) is 4.04. The number of aryl methyl sites for hydroxylation is 1. The molecule has 0 bridgehead atoms. The van der Waals surface area contributed by atoms with E-state index in [2.05, 4.69) is 25.1 Å². The lowest BCUT2D eigenvalue weighted by atomic mass is 10.1. The van der Waals surface area contributed by atoms with Crippen LogP contribution in [-0.4, -0.2) is 29.7 Å². The number of alkyl halides is 3. The van der Waals surface area contributed by atoms with E-state index in [1.54, 1.807) is 22.9 Å². The van der Waals surface area contributed by atoms with Crippen LogP contribution in [0.3, 0.4) is 0 Å². The number of hydrogen-bond donors (Lipinski definition) is 1. The molecule has 4 heterocycles. The summed E-state index contributed by atoms with van der Waals surface area (Å²) >= 11 is 6.04. The predicted octanol–water partition coefficient (Wildman–Crippen LogP) is 5.34. The van der Waals surface area contributed by atoms with Crippen molar-refractivity contribution in [3.8, 4) is 17.1 Å². The molecule has 0 saturated carbocycles. The molecule has 30 heavy (non-hydrogen) atoms. The number of hydrogen-bond acceptors (Lipinski definition) is 4. The molecule has 150 valence electrons. The molecule has 0 unspecified atom stereocenters. The third-order valence-electron chi connectivity index (χ3n) is 4.77. The van der Waals surface area contributed by atoms with Gasteiger partial charge in [-0.1, -0.05) is 11.6 Å². The van der Waals surface area contributed by atoms with Gasteiger partial charge in [0.1, 0.15) is 22.2 Å². The normalized spacial score (nSPS) is 12.2. The fraction of sp³-hybridized carbons (Fsp3) is 0.100. The maximum atomic E-state index is 13.3. The summed E-state index contributed by atoms with van der Waals surface area (Å²) in [6, 6.07) is 9.20. The first-order valence-electron chi connectivity index (χ1n) is 8.84. The van der Waals surface area contributed by atoms with Crippen molar-refractivity contribution >= 4 is 33.7 Å². The molecule has 5 aromatic rings. The van der Waals surface area contributed by atoms with Crippen molar-refractivity contribution in [2.24, 2.45) is 0 Å². The van der Waals surface area contributed by atoms with Crippen LogP contribution in [0.15, 0.2) is 48.8 Å². The zero-order valence-corrected chi connectivity index (χ0v) is 16.1. The van der Waals surface area contributed by atoms with Crippen LogP contribution in [0.4, 0.5) is 13.2 Å². The average Bonchev–Trinajstić information content (AvgIpc) is 3.31. The molecule has 0 amide bonds. The number of halogens is 4. The van der Waals surface area contributed by atoms with Crippen LogP contribution in [0.25, 0.3) is 39.1 Å². The van der Waals surface area contributed by atoms with Gasteiger partial charge in [-0.25, -0.2) is 15.0 Å². The Labute approximate surface area is 172 Å². The van der Waals surface area contributed by atoms with E-state index in [9.17, 15) is 13.2 Å². The van der Waals surface area contributed by atoms with Crippen LogP contribution in [0.5, 0.6) is 0 Å². The lowest BCUT2D eigenvalue weighted by molar-refractivity contribution is -0.141. The van der Waals surface area contributed by atoms with Crippen LogP contribution >= 0.6 is 11.6 Å². The number of pyridine rings is 2. The van der Waals surface area contributed by atoms with E-state index in [1.807, 2.05) is 19.1 Å². The number of H-pyrrole nitrogens is 1. The van der Waals surface area contributed by atoms with Gasteiger partial charge in [0.2, 0.25) is 0 Å². The van der Waals surface area contributed by atoms with Crippen molar-refractivity contribution in [3.63, 3.8) is 0 Å². The fourth-order valence-corrected chi connectivity index (χ4v) is 3.61. The van der Waals surface area contributed by atoms with Gasteiger partial charge in [-0.2, -0.15) is 18.3 Å². The highest BCUT2D eigenvalue weighted by molar-refractivity contribution is 6.29. The molecule has 0 saturated heterocycles. The van der Waals surface area contributed by atoms with Crippen molar-refractivity contribution in [2.45, 2.75) is 13.1 Å². The zero-order chi connectivity index (χ0) is 21.0. The average molecular weight is 429 g/mol. The first kappa shape index (κ1) is 18.6. The van der Waals surface area contributed by atoms with E-state index in [4.69, 9.17) is 11.6 Å². The molecular weight excluding hydrogens is 417 g/mol. The molecule has 0 fully saturated rings. The highest BCUT2D eigenvalue weighted by Crippen LogP contribution is 2.33. The number of nitrogens with one attached hydrogen (secondary N) is 1. The third kappa shape index (κ3) is 2.98. The van der Waals surface area contributed by atoms with Gasteiger partial charge in [0.15, 0.2) is 5.65 Å². The Morgan fingerprint density at radius 3 is 2.67 bits per heavy atom. The zero-order valence-electron chi connectivity index (χ0n) is 15.4. The third-order valence-corrected chi connectivity index (χ3v) is 4.98. The summed E-state index contributed by atoms with van der Waals surface area (Å²) in [7, 11) is 0. The van der Waals surface area contributed by atoms with E-state index >= 15 is 0 Å². The van der Waals surface area contributed by atoms with Crippen molar-refractivity contribution in [1.29, 1.82) is 0 Å².